The second-order valence-electron chi connectivity index (χ2n) is 3.18. The Morgan fingerprint density at radius 3 is 2.86 bits per heavy atom. The fourth-order valence-electron chi connectivity index (χ4n) is 1.64. The quantitative estimate of drug-likeness (QED) is 0.619. The minimum absolute atomic E-state index is 0.913. The fourth-order valence-corrected chi connectivity index (χ4v) is 3.62. The minimum Gasteiger partial charge on any atom is -0.398 e. The third kappa shape index (κ3) is 1.41. The van der Waals surface area contributed by atoms with Gasteiger partial charge in [0.2, 0.25) is 0 Å². The molecule has 74 valence electrons. The van der Waals surface area contributed by atoms with Crippen molar-refractivity contribution in [2.75, 3.05) is 12.0 Å². The van der Waals surface area contributed by atoms with E-state index >= 15 is 0 Å². The Kier molecular flexibility index (Phi) is 2.70. The smallest absolute Gasteiger partial charge is 0.0502 e. The standard InChI is InChI=1S/C11H13NS2/c1-3-7-6-14-11-9(13-2)5-4-8(12)10(7)11/h4-6H,3,12H2,1-2H3. The van der Waals surface area contributed by atoms with Gasteiger partial charge in [-0.3, -0.25) is 0 Å². The summed E-state index contributed by atoms with van der Waals surface area (Å²) in [6, 6.07) is 4.12. The van der Waals surface area contributed by atoms with Crippen LogP contribution < -0.4 is 5.73 Å². The fraction of sp³-hybridized carbons (Fsp3) is 0.273. The number of benzene rings is 1. The zero-order valence-corrected chi connectivity index (χ0v) is 9.97. The number of fused-ring (bicyclic) bond motifs is 1. The van der Waals surface area contributed by atoms with Crippen molar-refractivity contribution in [1.82, 2.24) is 0 Å². The molecule has 2 aromatic rings. The van der Waals surface area contributed by atoms with Crippen molar-refractivity contribution < 1.29 is 0 Å². The first kappa shape index (κ1) is 9.87. The summed E-state index contributed by atoms with van der Waals surface area (Å²) in [5.74, 6) is 0. The topological polar surface area (TPSA) is 26.0 Å². The summed E-state index contributed by atoms with van der Waals surface area (Å²) < 4.78 is 1.34. The molecular weight excluding hydrogens is 210 g/mol. The molecule has 3 heteroatoms. The van der Waals surface area contributed by atoms with Crippen LogP contribution in [0, 0.1) is 0 Å². The Morgan fingerprint density at radius 2 is 2.21 bits per heavy atom. The normalized spacial score (nSPS) is 11.0. The lowest BCUT2D eigenvalue weighted by atomic mass is 10.1. The van der Waals surface area contributed by atoms with E-state index in [0.29, 0.717) is 0 Å². The van der Waals surface area contributed by atoms with Gasteiger partial charge in [-0.25, -0.2) is 0 Å². The summed E-state index contributed by atoms with van der Waals surface area (Å²) >= 11 is 3.59. The molecule has 0 aliphatic heterocycles. The molecule has 0 unspecified atom stereocenters. The molecule has 0 saturated carbocycles. The molecule has 14 heavy (non-hydrogen) atoms. The third-order valence-electron chi connectivity index (χ3n) is 2.39. The van der Waals surface area contributed by atoms with Crippen LogP contribution in [0.3, 0.4) is 0 Å². The largest absolute Gasteiger partial charge is 0.398 e. The van der Waals surface area contributed by atoms with Crippen molar-refractivity contribution in [2.24, 2.45) is 0 Å². The van der Waals surface area contributed by atoms with E-state index in [4.69, 9.17) is 5.73 Å². The number of thioether (sulfide) groups is 1. The van der Waals surface area contributed by atoms with Gasteiger partial charge in [-0.05, 0) is 35.8 Å². The van der Waals surface area contributed by atoms with E-state index in [1.807, 2.05) is 6.07 Å². The monoisotopic (exact) mass is 223 g/mol. The number of thiophene rings is 1. The van der Waals surface area contributed by atoms with Crippen molar-refractivity contribution in [3.05, 3.63) is 23.1 Å². The van der Waals surface area contributed by atoms with Crippen LogP contribution in [0.5, 0.6) is 0 Å². The van der Waals surface area contributed by atoms with Crippen LogP contribution in [0.15, 0.2) is 22.4 Å². The lowest BCUT2D eigenvalue weighted by Gasteiger charge is -2.03. The molecular formula is C11H13NS2. The number of nitrogens with two attached hydrogens (primary N) is 1. The summed E-state index contributed by atoms with van der Waals surface area (Å²) in [4.78, 5) is 1.33. The highest BCUT2D eigenvalue weighted by Gasteiger charge is 2.09. The summed E-state index contributed by atoms with van der Waals surface area (Å²) in [5, 5.41) is 3.49. The van der Waals surface area contributed by atoms with Gasteiger partial charge < -0.3 is 5.73 Å². The van der Waals surface area contributed by atoms with E-state index in [1.165, 1.54) is 20.5 Å². The Hall–Kier alpha value is -0.670. The molecule has 1 nitrogen and oxygen atoms in total. The zero-order valence-electron chi connectivity index (χ0n) is 8.33. The summed E-state index contributed by atoms with van der Waals surface area (Å²) in [6.07, 6.45) is 3.17. The van der Waals surface area contributed by atoms with E-state index in [1.54, 1.807) is 23.1 Å². The Labute approximate surface area is 92.3 Å². The SMILES string of the molecule is CCc1csc2c(SC)ccc(N)c12. The molecule has 1 heterocycles. The van der Waals surface area contributed by atoms with E-state index in [-0.39, 0.29) is 0 Å². The number of hydrogen-bond donors (Lipinski definition) is 1. The summed E-state index contributed by atoms with van der Waals surface area (Å²) in [5.41, 5.74) is 8.28. The highest BCUT2D eigenvalue weighted by molar-refractivity contribution is 7.99. The van der Waals surface area contributed by atoms with Crippen molar-refractivity contribution in [2.45, 2.75) is 18.2 Å². The Morgan fingerprint density at radius 1 is 1.43 bits per heavy atom. The number of anilines is 1. The second-order valence-corrected chi connectivity index (χ2v) is 4.90. The third-order valence-corrected chi connectivity index (χ3v) is 4.37. The Balaban J connectivity index is 2.80. The van der Waals surface area contributed by atoms with Crippen molar-refractivity contribution in [3.63, 3.8) is 0 Å². The molecule has 2 rings (SSSR count). The molecule has 0 amide bonds. The van der Waals surface area contributed by atoms with Gasteiger partial charge in [0.25, 0.3) is 0 Å². The number of nitrogen functional groups attached to an aromatic ring is 1. The molecule has 0 atom stereocenters. The van der Waals surface area contributed by atoms with Gasteiger partial charge in [0.1, 0.15) is 0 Å². The van der Waals surface area contributed by atoms with Crippen molar-refractivity contribution in [1.29, 1.82) is 0 Å². The highest BCUT2D eigenvalue weighted by atomic mass is 32.2. The highest BCUT2D eigenvalue weighted by Crippen LogP contribution is 2.37. The van der Waals surface area contributed by atoms with Crippen LogP contribution >= 0.6 is 23.1 Å². The van der Waals surface area contributed by atoms with Gasteiger partial charge in [0.15, 0.2) is 0 Å². The zero-order chi connectivity index (χ0) is 10.1. The average molecular weight is 223 g/mol. The first-order chi connectivity index (χ1) is 6.77. The number of rotatable bonds is 2. The molecule has 1 aromatic carbocycles. The second kappa shape index (κ2) is 3.83. The maximum atomic E-state index is 6.00. The lowest BCUT2D eigenvalue weighted by Crippen LogP contribution is -1.88. The first-order valence-corrected chi connectivity index (χ1v) is 6.71. The summed E-state index contributed by atoms with van der Waals surface area (Å²) in [7, 11) is 0. The summed E-state index contributed by atoms with van der Waals surface area (Å²) in [6.45, 7) is 2.17. The van der Waals surface area contributed by atoms with Gasteiger partial charge in [-0.2, -0.15) is 0 Å². The molecule has 2 N–H and O–H groups in total. The van der Waals surface area contributed by atoms with Crippen molar-refractivity contribution in [3.8, 4) is 0 Å². The van der Waals surface area contributed by atoms with Crippen molar-refractivity contribution >= 4 is 38.9 Å². The van der Waals surface area contributed by atoms with Crippen LogP contribution in [0.4, 0.5) is 5.69 Å². The van der Waals surface area contributed by atoms with Gasteiger partial charge in [-0.1, -0.05) is 6.92 Å². The van der Waals surface area contributed by atoms with Gasteiger partial charge in [-0.15, -0.1) is 23.1 Å². The predicted molar refractivity (Wildman–Crippen MR) is 67.4 cm³/mol. The minimum atomic E-state index is 0.913. The lowest BCUT2D eigenvalue weighted by molar-refractivity contribution is 1.17. The molecule has 0 saturated heterocycles. The molecule has 0 spiro atoms. The van der Waals surface area contributed by atoms with Gasteiger partial charge in [0.05, 0.1) is 4.70 Å². The average Bonchev–Trinajstić information content (AvgIpc) is 2.63. The van der Waals surface area contributed by atoms with Gasteiger partial charge >= 0.3 is 0 Å². The molecule has 0 radical (unpaired) electrons. The van der Waals surface area contributed by atoms with Crippen LogP contribution in [-0.2, 0) is 6.42 Å². The van der Waals surface area contributed by atoms with E-state index in [2.05, 4.69) is 24.6 Å². The molecule has 1 aromatic heterocycles. The van der Waals surface area contributed by atoms with E-state index in [9.17, 15) is 0 Å². The molecule has 0 aliphatic rings. The number of hydrogen-bond acceptors (Lipinski definition) is 3. The Bertz CT molecular complexity index is 460. The molecule has 0 aliphatic carbocycles. The van der Waals surface area contributed by atoms with Crippen LogP contribution in [-0.4, -0.2) is 6.26 Å². The molecule has 0 bridgehead atoms. The van der Waals surface area contributed by atoms with Crippen LogP contribution in [0.1, 0.15) is 12.5 Å². The maximum Gasteiger partial charge on any atom is 0.0502 e. The maximum absolute atomic E-state index is 6.00. The molecule has 0 fully saturated rings. The van der Waals surface area contributed by atoms with Crippen LogP contribution in [0.2, 0.25) is 0 Å². The number of aryl methyl sites for hydroxylation is 1. The van der Waals surface area contributed by atoms with E-state index < -0.39 is 0 Å². The van der Waals surface area contributed by atoms with E-state index in [0.717, 1.165) is 12.1 Å². The first-order valence-electron chi connectivity index (χ1n) is 4.60. The van der Waals surface area contributed by atoms with Gasteiger partial charge in [0, 0.05) is 16.0 Å². The predicted octanol–water partition coefficient (Wildman–Crippen LogP) is 3.77. The van der Waals surface area contributed by atoms with Crippen LogP contribution in [0.25, 0.3) is 10.1 Å².